The average Bonchev–Trinajstić information content (AvgIpc) is 3.18. The van der Waals surface area contributed by atoms with Gasteiger partial charge in [-0.15, -0.1) is 0 Å². The zero-order valence-corrected chi connectivity index (χ0v) is 17.7. The minimum absolute atomic E-state index is 0.243. The lowest BCUT2D eigenvalue weighted by Gasteiger charge is -2.37. The van der Waals surface area contributed by atoms with Crippen molar-refractivity contribution in [1.29, 1.82) is 0 Å². The van der Waals surface area contributed by atoms with Gasteiger partial charge in [0.25, 0.3) is 0 Å². The van der Waals surface area contributed by atoms with Gasteiger partial charge in [-0.05, 0) is 57.5 Å². The summed E-state index contributed by atoms with van der Waals surface area (Å²) in [4.78, 5) is 4.66. The Morgan fingerprint density at radius 1 is 1.41 bits per heavy atom. The maximum atomic E-state index is 10.5. The van der Waals surface area contributed by atoms with Crippen molar-refractivity contribution >= 4 is 0 Å². The van der Waals surface area contributed by atoms with Gasteiger partial charge in [0, 0.05) is 49.9 Å². The number of hydrogen-bond acceptors (Lipinski definition) is 5. The summed E-state index contributed by atoms with van der Waals surface area (Å²) in [5, 5.41) is 21.4. The maximum absolute atomic E-state index is 10.5. The monoisotopic (exact) mass is 377 g/mol. The van der Waals surface area contributed by atoms with E-state index < -0.39 is 0 Å². The first-order chi connectivity index (χ1) is 12.9. The lowest BCUT2D eigenvalue weighted by molar-refractivity contribution is 0.0307. The van der Waals surface area contributed by atoms with Crippen LogP contribution in [0.4, 0.5) is 0 Å². The summed E-state index contributed by atoms with van der Waals surface area (Å²) in [6.07, 6.45) is 7.57. The molecule has 3 N–H and O–H groups in total. The van der Waals surface area contributed by atoms with E-state index in [9.17, 15) is 5.11 Å². The van der Waals surface area contributed by atoms with Crippen LogP contribution in [0.1, 0.15) is 63.1 Å². The normalized spacial score (nSPS) is 29.4. The van der Waals surface area contributed by atoms with Crippen LogP contribution in [0, 0.1) is 11.3 Å². The van der Waals surface area contributed by atoms with Crippen molar-refractivity contribution in [2.45, 2.75) is 64.6 Å². The summed E-state index contributed by atoms with van der Waals surface area (Å²) < 4.78 is 0. The molecule has 1 atom stereocenters. The number of aromatic amines is 1. The van der Waals surface area contributed by atoms with Crippen LogP contribution in [0.3, 0.4) is 0 Å². The quantitative estimate of drug-likeness (QED) is 0.649. The zero-order valence-electron chi connectivity index (χ0n) is 17.7. The Balaban J connectivity index is 1.56. The van der Waals surface area contributed by atoms with E-state index >= 15 is 0 Å². The van der Waals surface area contributed by atoms with Gasteiger partial charge in [0.2, 0.25) is 0 Å². The van der Waals surface area contributed by atoms with E-state index in [1.807, 2.05) is 13.2 Å². The van der Waals surface area contributed by atoms with Gasteiger partial charge in [-0.3, -0.25) is 10.00 Å². The van der Waals surface area contributed by atoms with Crippen LogP contribution in [0.2, 0.25) is 0 Å². The molecule has 2 fully saturated rings. The predicted octanol–water partition coefficient (Wildman–Crippen LogP) is 2.38. The summed E-state index contributed by atoms with van der Waals surface area (Å²) in [5.41, 5.74) is 3.02. The standard InChI is InChI=1S/C21H39N5O/c1-16(2)13-26-15-21(11-19(26)27)7-5-17(6-8-21)20-18(12-23-24-20)14-25(4)10-9-22-3/h12,16-17,19,22,27H,5-11,13-15H2,1-4H3,(H,23,24). The van der Waals surface area contributed by atoms with Gasteiger partial charge in [0.1, 0.15) is 6.23 Å². The molecule has 1 aliphatic carbocycles. The topological polar surface area (TPSA) is 67.4 Å². The third-order valence-electron chi connectivity index (χ3n) is 6.56. The van der Waals surface area contributed by atoms with Gasteiger partial charge in [0.15, 0.2) is 0 Å². The number of nitrogens with one attached hydrogen (secondary N) is 2. The van der Waals surface area contributed by atoms with Crippen LogP contribution in [0.25, 0.3) is 0 Å². The highest BCUT2D eigenvalue weighted by Crippen LogP contribution is 2.49. The van der Waals surface area contributed by atoms with Gasteiger partial charge in [-0.2, -0.15) is 5.10 Å². The molecule has 1 unspecified atom stereocenters. The SMILES string of the molecule is CNCCN(C)Cc1cn[nH]c1C1CCC2(CC1)CC(O)N(CC(C)C)C2. The summed E-state index contributed by atoms with van der Waals surface area (Å²) in [6, 6.07) is 0. The van der Waals surface area contributed by atoms with Crippen LogP contribution >= 0.6 is 0 Å². The molecular weight excluding hydrogens is 338 g/mol. The fourth-order valence-corrected chi connectivity index (χ4v) is 5.13. The second-order valence-electron chi connectivity index (χ2n) is 9.43. The van der Waals surface area contributed by atoms with E-state index in [0.29, 0.717) is 17.3 Å². The summed E-state index contributed by atoms with van der Waals surface area (Å²) in [7, 11) is 4.17. The van der Waals surface area contributed by atoms with Gasteiger partial charge in [-0.1, -0.05) is 13.8 Å². The van der Waals surface area contributed by atoms with Crippen LogP contribution in [0.5, 0.6) is 0 Å². The molecule has 27 heavy (non-hydrogen) atoms. The number of aliphatic hydroxyl groups excluding tert-OH is 1. The highest BCUT2D eigenvalue weighted by Gasteiger charge is 2.45. The first kappa shape index (κ1) is 20.8. The number of likely N-dealkylation sites (N-methyl/N-ethyl adjacent to an activating group) is 2. The molecule has 1 saturated heterocycles. The largest absolute Gasteiger partial charge is 0.378 e. The third kappa shape index (κ3) is 5.11. The second kappa shape index (κ2) is 9.03. The van der Waals surface area contributed by atoms with Crippen LogP contribution < -0.4 is 5.32 Å². The summed E-state index contributed by atoms with van der Waals surface area (Å²) in [5.74, 6) is 1.20. The zero-order chi connectivity index (χ0) is 19.4. The molecule has 6 nitrogen and oxygen atoms in total. The highest BCUT2D eigenvalue weighted by molar-refractivity contribution is 5.21. The van der Waals surface area contributed by atoms with Crippen molar-refractivity contribution in [2.24, 2.45) is 11.3 Å². The van der Waals surface area contributed by atoms with Crippen molar-refractivity contribution in [2.75, 3.05) is 40.3 Å². The minimum Gasteiger partial charge on any atom is -0.378 e. The smallest absolute Gasteiger partial charge is 0.108 e. The Bertz CT molecular complexity index is 579. The third-order valence-corrected chi connectivity index (χ3v) is 6.56. The fraction of sp³-hybridized carbons (Fsp3) is 0.857. The number of nitrogens with zero attached hydrogens (tertiary/aromatic N) is 3. The van der Waals surface area contributed by atoms with Crippen molar-refractivity contribution in [3.8, 4) is 0 Å². The first-order valence-electron chi connectivity index (χ1n) is 10.7. The van der Waals surface area contributed by atoms with E-state index in [-0.39, 0.29) is 6.23 Å². The number of aromatic nitrogens is 2. The summed E-state index contributed by atoms with van der Waals surface area (Å²) in [6.45, 7) is 9.56. The molecule has 1 spiro atoms. The Hall–Kier alpha value is -0.950. The Morgan fingerprint density at radius 2 is 2.15 bits per heavy atom. The Kier molecular flexibility index (Phi) is 6.95. The molecule has 6 heteroatoms. The van der Waals surface area contributed by atoms with Crippen molar-refractivity contribution in [1.82, 2.24) is 25.3 Å². The van der Waals surface area contributed by atoms with Gasteiger partial charge >= 0.3 is 0 Å². The average molecular weight is 378 g/mol. The molecule has 2 heterocycles. The Morgan fingerprint density at radius 3 is 2.81 bits per heavy atom. The van der Waals surface area contributed by atoms with Crippen molar-refractivity contribution < 1.29 is 5.11 Å². The van der Waals surface area contributed by atoms with Crippen LogP contribution in [-0.4, -0.2) is 71.6 Å². The molecule has 0 bridgehead atoms. The molecule has 3 rings (SSSR count). The minimum atomic E-state index is -0.243. The number of hydrogen-bond donors (Lipinski definition) is 3. The van der Waals surface area contributed by atoms with Crippen LogP contribution in [0.15, 0.2) is 6.20 Å². The molecule has 1 aromatic rings. The highest BCUT2D eigenvalue weighted by atomic mass is 16.3. The van der Waals surface area contributed by atoms with Crippen molar-refractivity contribution in [3.05, 3.63) is 17.5 Å². The molecule has 0 radical (unpaired) electrons. The fourth-order valence-electron chi connectivity index (χ4n) is 5.13. The molecule has 1 aromatic heterocycles. The number of likely N-dealkylation sites (tertiary alicyclic amines) is 1. The van der Waals surface area contributed by atoms with Crippen molar-refractivity contribution in [3.63, 3.8) is 0 Å². The van der Waals surface area contributed by atoms with Gasteiger partial charge in [0.05, 0.1) is 6.20 Å². The molecule has 0 aromatic carbocycles. The molecular formula is C21H39N5O. The molecule has 154 valence electrons. The van der Waals surface area contributed by atoms with Gasteiger partial charge < -0.3 is 15.3 Å². The lowest BCUT2D eigenvalue weighted by atomic mass is 9.69. The number of aliphatic hydroxyl groups is 1. The lowest BCUT2D eigenvalue weighted by Crippen LogP contribution is -2.35. The first-order valence-corrected chi connectivity index (χ1v) is 10.7. The van der Waals surface area contributed by atoms with Gasteiger partial charge in [-0.25, -0.2) is 0 Å². The van der Waals surface area contributed by atoms with E-state index in [1.165, 1.54) is 36.9 Å². The Labute approximate surface area is 164 Å². The molecule has 2 aliphatic rings. The van der Waals surface area contributed by atoms with Crippen LogP contribution in [-0.2, 0) is 6.54 Å². The summed E-state index contributed by atoms with van der Waals surface area (Å²) >= 11 is 0. The molecule has 1 saturated carbocycles. The van der Waals surface area contributed by atoms with E-state index in [4.69, 9.17) is 0 Å². The maximum Gasteiger partial charge on any atom is 0.108 e. The van der Waals surface area contributed by atoms with E-state index in [2.05, 4.69) is 46.2 Å². The number of H-pyrrole nitrogens is 1. The second-order valence-corrected chi connectivity index (χ2v) is 9.43. The van der Waals surface area contributed by atoms with E-state index in [0.717, 1.165) is 39.1 Å². The van der Waals surface area contributed by atoms with E-state index in [1.54, 1.807) is 0 Å². The molecule has 1 aliphatic heterocycles. The number of rotatable bonds is 8. The molecule has 0 amide bonds. The predicted molar refractivity (Wildman–Crippen MR) is 110 cm³/mol.